The summed E-state index contributed by atoms with van der Waals surface area (Å²) >= 11 is 0. The molecule has 6 nitrogen and oxygen atoms in total. The lowest BCUT2D eigenvalue weighted by Gasteiger charge is -2.11. The predicted octanol–water partition coefficient (Wildman–Crippen LogP) is 4.63. The van der Waals surface area contributed by atoms with Crippen LogP contribution in [0.4, 0.5) is 17.3 Å². The minimum absolute atomic E-state index is 0.0670. The third-order valence-electron chi connectivity index (χ3n) is 4.42. The second kappa shape index (κ2) is 7.00. The zero-order chi connectivity index (χ0) is 19.7. The van der Waals surface area contributed by atoms with Gasteiger partial charge in [0.05, 0.1) is 16.9 Å². The van der Waals surface area contributed by atoms with Gasteiger partial charge < -0.3 is 16.2 Å². The number of nitrogens with zero attached hydrogens (tertiary/aromatic N) is 2. The van der Waals surface area contributed by atoms with Gasteiger partial charge in [0.15, 0.2) is 0 Å². The van der Waals surface area contributed by atoms with Gasteiger partial charge in [0.1, 0.15) is 0 Å². The quantitative estimate of drug-likeness (QED) is 0.453. The van der Waals surface area contributed by atoms with Crippen LogP contribution in [0.3, 0.4) is 0 Å². The van der Waals surface area contributed by atoms with Crippen LogP contribution in [0.15, 0.2) is 66.7 Å². The number of nitrogens with two attached hydrogens (primary N) is 1. The summed E-state index contributed by atoms with van der Waals surface area (Å²) in [6.45, 7) is 1.87. The van der Waals surface area contributed by atoms with E-state index in [4.69, 9.17) is 5.73 Å². The number of benzene rings is 3. The number of nitrogens with one attached hydrogen (secondary N) is 1. The van der Waals surface area contributed by atoms with Crippen molar-refractivity contribution >= 4 is 34.1 Å². The Morgan fingerprint density at radius 3 is 2.54 bits per heavy atom. The highest BCUT2D eigenvalue weighted by atomic mass is 16.4. The van der Waals surface area contributed by atoms with Crippen LogP contribution in [0.1, 0.15) is 16.1 Å². The van der Waals surface area contributed by atoms with Crippen LogP contribution < -0.4 is 11.1 Å². The number of aromatic nitrogens is 2. The molecule has 0 bridgehead atoms. The highest BCUT2D eigenvalue weighted by Gasteiger charge is 2.13. The number of hydrogen-bond acceptors (Lipinski definition) is 5. The lowest BCUT2D eigenvalue weighted by Crippen LogP contribution is -2.06. The molecule has 0 aliphatic heterocycles. The number of carboxylic acids is 1. The normalized spacial score (nSPS) is 10.8. The standard InChI is InChI=1S/C22H18N4O2/c1-13-10-20(16-7-6-14-4-2-3-5-15(14)11-16)26-22(24-13)25-19-9-8-17(23)12-18(19)21(27)28/h2-12H,23H2,1H3,(H,27,28)(H,24,25,26). The van der Waals surface area contributed by atoms with Gasteiger partial charge in [-0.2, -0.15) is 0 Å². The number of carbonyl (C=O) groups is 1. The minimum Gasteiger partial charge on any atom is -0.478 e. The first-order valence-electron chi connectivity index (χ1n) is 8.74. The largest absolute Gasteiger partial charge is 0.478 e. The maximum Gasteiger partial charge on any atom is 0.337 e. The van der Waals surface area contributed by atoms with Crippen molar-refractivity contribution in [2.75, 3.05) is 11.1 Å². The SMILES string of the molecule is Cc1cc(-c2ccc3ccccc3c2)nc(Nc2ccc(N)cc2C(=O)O)n1. The second-order valence-electron chi connectivity index (χ2n) is 6.52. The van der Waals surface area contributed by atoms with E-state index in [0.717, 1.165) is 27.7 Å². The van der Waals surface area contributed by atoms with E-state index in [1.165, 1.54) is 6.07 Å². The molecule has 0 unspecified atom stereocenters. The molecule has 0 aliphatic carbocycles. The zero-order valence-corrected chi connectivity index (χ0v) is 15.2. The predicted molar refractivity (Wildman–Crippen MR) is 111 cm³/mol. The second-order valence-corrected chi connectivity index (χ2v) is 6.52. The molecule has 1 heterocycles. The van der Waals surface area contributed by atoms with E-state index < -0.39 is 5.97 Å². The van der Waals surface area contributed by atoms with Crippen LogP contribution >= 0.6 is 0 Å². The third-order valence-corrected chi connectivity index (χ3v) is 4.42. The first kappa shape index (κ1) is 17.5. The molecule has 0 atom stereocenters. The molecule has 0 saturated carbocycles. The third kappa shape index (κ3) is 3.48. The van der Waals surface area contributed by atoms with E-state index >= 15 is 0 Å². The van der Waals surface area contributed by atoms with Crippen LogP contribution in [0.5, 0.6) is 0 Å². The monoisotopic (exact) mass is 370 g/mol. The number of nitrogen functional groups attached to an aromatic ring is 1. The number of aromatic carboxylic acids is 1. The maximum absolute atomic E-state index is 11.5. The first-order valence-corrected chi connectivity index (χ1v) is 8.74. The average Bonchev–Trinajstić information content (AvgIpc) is 2.68. The van der Waals surface area contributed by atoms with Gasteiger partial charge in [0.25, 0.3) is 0 Å². The van der Waals surface area contributed by atoms with E-state index in [9.17, 15) is 9.90 Å². The Bertz CT molecular complexity index is 1200. The highest BCUT2D eigenvalue weighted by molar-refractivity contribution is 5.96. The molecule has 138 valence electrons. The van der Waals surface area contributed by atoms with Gasteiger partial charge in [-0.3, -0.25) is 0 Å². The molecule has 0 amide bonds. The highest BCUT2D eigenvalue weighted by Crippen LogP contribution is 2.26. The van der Waals surface area contributed by atoms with E-state index in [2.05, 4.69) is 39.6 Å². The molecule has 4 aromatic rings. The Morgan fingerprint density at radius 1 is 0.964 bits per heavy atom. The van der Waals surface area contributed by atoms with Crippen LogP contribution in [0.25, 0.3) is 22.0 Å². The van der Waals surface area contributed by atoms with Crippen LogP contribution in [0, 0.1) is 6.92 Å². The summed E-state index contributed by atoms with van der Waals surface area (Å²) in [7, 11) is 0. The molecule has 4 rings (SSSR count). The molecule has 6 heteroatoms. The van der Waals surface area contributed by atoms with Gasteiger partial charge in [0, 0.05) is 16.9 Å². The summed E-state index contributed by atoms with van der Waals surface area (Å²) in [6, 6.07) is 20.8. The van der Waals surface area contributed by atoms with Crippen LogP contribution in [-0.2, 0) is 0 Å². The molecule has 0 saturated heterocycles. The summed E-state index contributed by atoms with van der Waals surface area (Å²) in [5.41, 5.74) is 9.03. The zero-order valence-electron chi connectivity index (χ0n) is 15.2. The van der Waals surface area contributed by atoms with E-state index in [0.29, 0.717) is 17.3 Å². The lowest BCUT2D eigenvalue weighted by atomic mass is 10.0. The molecule has 0 radical (unpaired) electrons. The summed E-state index contributed by atoms with van der Waals surface area (Å²) in [4.78, 5) is 20.5. The molecule has 0 fully saturated rings. The summed E-state index contributed by atoms with van der Waals surface area (Å²) in [6.07, 6.45) is 0. The van der Waals surface area contributed by atoms with Crippen molar-refractivity contribution in [3.8, 4) is 11.3 Å². The van der Waals surface area contributed by atoms with E-state index in [-0.39, 0.29) is 5.56 Å². The van der Waals surface area contributed by atoms with Crippen molar-refractivity contribution in [2.24, 2.45) is 0 Å². The molecule has 1 aromatic heterocycles. The summed E-state index contributed by atoms with van der Waals surface area (Å²) in [5, 5.41) is 14.7. The van der Waals surface area contributed by atoms with E-state index in [1.54, 1.807) is 12.1 Å². The molecular formula is C22H18N4O2. The van der Waals surface area contributed by atoms with Gasteiger partial charge in [-0.1, -0.05) is 36.4 Å². The summed E-state index contributed by atoms with van der Waals surface area (Å²) < 4.78 is 0. The van der Waals surface area contributed by atoms with Crippen molar-refractivity contribution in [1.29, 1.82) is 0 Å². The Balaban J connectivity index is 1.74. The smallest absolute Gasteiger partial charge is 0.337 e. The van der Waals surface area contributed by atoms with Crippen molar-refractivity contribution in [3.05, 3.63) is 78.0 Å². The van der Waals surface area contributed by atoms with Gasteiger partial charge in [-0.05, 0) is 48.0 Å². The number of fused-ring (bicyclic) bond motifs is 1. The topological polar surface area (TPSA) is 101 Å². The van der Waals surface area contributed by atoms with Crippen molar-refractivity contribution in [2.45, 2.75) is 6.92 Å². The fourth-order valence-corrected chi connectivity index (χ4v) is 3.09. The number of hydrogen-bond donors (Lipinski definition) is 3. The average molecular weight is 370 g/mol. The fraction of sp³-hybridized carbons (Fsp3) is 0.0455. The van der Waals surface area contributed by atoms with E-state index in [1.807, 2.05) is 31.2 Å². The van der Waals surface area contributed by atoms with Gasteiger partial charge in [-0.25, -0.2) is 14.8 Å². The van der Waals surface area contributed by atoms with Gasteiger partial charge in [-0.15, -0.1) is 0 Å². The maximum atomic E-state index is 11.5. The van der Waals surface area contributed by atoms with Crippen LogP contribution in [-0.4, -0.2) is 21.0 Å². The lowest BCUT2D eigenvalue weighted by molar-refractivity contribution is 0.0698. The number of aryl methyl sites for hydroxylation is 1. The fourth-order valence-electron chi connectivity index (χ4n) is 3.09. The summed E-state index contributed by atoms with van der Waals surface area (Å²) in [5.74, 6) is -0.743. The number of carboxylic acid groups (broad SMARTS) is 1. The van der Waals surface area contributed by atoms with Crippen molar-refractivity contribution in [3.63, 3.8) is 0 Å². The molecule has 0 spiro atoms. The Kier molecular flexibility index (Phi) is 4.37. The van der Waals surface area contributed by atoms with Crippen molar-refractivity contribution in [1.82, 2.24) is 9.97 Å². The number of rotatable bonds is 4. The minimum atomic E-state index is -1.07. The molecule has 28 heavy (non-hydrogen) atoms. The molecular weight excluding hydrogens is 352 g/mol. The first-order chi connectivity index (χ1) is 13.5. The van der Waals surface area contributed by atoms with Gasteiger partial charge in [0.2, 0.25) is 5.95 Å². The number of anilines is 3. The Labute approximate surface area is 161 Å². The molecule has 4 N–H and O–H groups in total. The Hall–Kier alpha value is -3.93. The molecule has 0 aliphatic rings. The Morgan fingerprint density at radius 2 is 1.75 bits per heavy atom. The van der Waals surface area contributed by atoms with Gasteiger partial charge >= 0.3 is 5.97 Å². The van der Waals surface area contributed by atoms with Crippen LogP contribution in [0.2, 0.25) is 0 Å². The van der Waals surface area contributed by atoms with Crippen molar-refractivity contribution < 1.29 is 9.90 Å². The molecule has 3 aromatic carbocycles.